The highest BCUT2D eigenvalue weighted by Gasteiger charge is 2.25. The van der Waals surface area contributed by atoms with E-state index in [4.69, 9.17) is 27.9 Å². The minimum Gasteiger partial charge on any atom is -0.383 e. The van der Waals surface area contributed by atoms with Crippen molar-refractivity contribution < 1.29 is 13.9 Å². The maximum atomic E-state index is 13.7. The molecule has 4 N–H and O–H groups in total. The van der Waals surface area contributed by atoms with Gasteiger partial charge in [0.05, 0.1) is 11.6 Å². The Bertz CT molecular complexity index is 942. The van der Waals surface area contributed by atoms with Gasteiger partial charge in [0.1, 0.15) is 12.0 Å². The fourth-order valence-corrected chi connectivity index (χ4v) is 3.38. The maximum absolute atomic E-state index is 13.7. The molecule has 2 aromatic carbocycles. The summed E-state index contributed by atoms with van der Waals surface area (Å²) in [5, 5.41) is 6.45. The summed E-state index contributed by atoms with van der Waals surface area (Å²) < 4.78 is 18.9. The fourth-order valence-electron chi connectivity index (χ4n) is 3.14. The number of rotatable bonds is 6. The van der Waals surface area contributed by atoms with E-state index in [1.54, 1.807) is 7.11 Å². The molecular formula is C21H24Cl2FN5O2. The van der Waals surface area contributed by atoms with Crippen molar-refractivity contribution in [3.8, 4) is 0 Å². The predicted octanol–water partition coefficient (Wildman–Crippen LogP) is 3.41. The second-order valence-electron chi connectivity index (χ2n) is 7.21. The first-order chi connectivity index (χ1) is 14.9. The third-order valence-electron chi connectivity index (χ3n) is 4.65. The summed E-state index contributed by atoms with van der Waals surface area (Å²) >= 11 is 11.7. The van der Waals surface area contributed by atoms with E-state index in [0.29, 0.717) is 18.1 Å². The zero-order valence-corrected chi connectivity index (χ0v) is 18.6. The summed E-state index contributed by atoms with van der Waals surface area (Å²) in [6.45, 7) is 2.30. The average Bonchev–Trinajstić information content (AvgIpc) is 3.19. The Hall–Kier alpha value is -2.23. The number of carbonyl (C=O) groups is 1. The van der Waals surface area contributed by atoms with Gasteiger partial charge in [-0.05, 0) is 42.8 Å². The van der Waals surface area contributed by atoms with Crippen LogP contribution in [0.25, 0.3) is 0 Å². The molecule has 1 aliphatic rings. The zero-order chi connectivity index (χ0) is 22.4. The van der Waals surface area contributed by atoms with Gasteiger partial charge in [-0.1, -0.05) is 35.3 Å². The normalized spacial score (nSPS) is 19.8. The van der Waals surface area contributed by atoms with Crippen LogP contribution in [0.15, 0.2) is 47.5 Å². The Balaban J connectivity index is 1.73. The molecule has 7 nitrogen and oxygen atoms in total. The molecule has 0 aliphatic carbocycles. The summed E-state index contributed by atoms with van der Waals surface area (Å²) in [7, 11) is 1.59. The molecule has 0 spiro atoms. The first-order valence-corrected chi connectivity index (χ1v) is 10.5. The summed E-state index contributed by atoms with van der Waals surface area (Å²) in [5.74, 6) is -0.923. The van der Waals surface area contributed by atoms with Gasteiger partial charge in [-0.15, -0.1) is 0 Å². The molecule has 1 saturated heterocycles. The van der Waals surface area contributed by atoms with E-state index in [9.17, 15) is 9.18 Å². The van der Waals surface area contributed by atoms with Crippen LogP contribution < -0.4 is 21.5 Å². The number of hydrogen-bond donors (Lipinski definition) is 4. The van der Waals surface area contributed by atoms with E-state index in [2.05, 4.69) is 26.5 Å². The highest BCUT2D eigenvalue weighted by atomic mass is 35.5. The van der Waals surface area contributed by atoms with E-state index in [1.165, 1.54) is 12.1 Å². The molecule has 1 aliphatic heterocycles. The minimum absolute atomic E-state index is 0.0322. The average molecular weight is 468 g/mol. The summed E-state index contributed by atoms with van der Waals surface area (Å²) in [5.41, 5.74) is 7.51. The second-order valence-corrected chi connectivity index (χ2v) is 8.05. The third kappa shape index (κ3) is 6.62. The van der Waals surface area contributed by atoms with Gasteiger partial charge in [0.25, 0.3) is 5.91 Å². The first-order valence-electron chi connectivity index (χ1n) is 9.72. The van der Waals surface area contributed by atoms with Crippen molar-refractivity contribution in [1.82, 2.24) is 21.5 Å². The third-order valence-corrected chi connectivity index (χ3v) is 5.21. The van der Waals surface area contributed by atoms with E-state index in [1.807, 2.05) is 31.2 Å². The van der Waals surface area contributed by atoms with E-state index >= 15 is 0 Å². The van der Waals surface area contributed by atoms with Gasteiger partial charge < -0.3 is 10.1 Å². The first kappa shape index (κ1) is 23.4. The van der Waals surface area contributed by atoms with Gasteiger partial charge in [-0.2, -0.15) is 0 Å². The number of methoxy groups -OCH3 is 1. The number of nitrogens with zero attached hydrogens (tertiary/aromatic N) is 1. The van der Waals surface area contributed by atoms with Crippen LogP contribution >= 0.6 is 23.2 Å². The van der Waals surface area contributed by atoms with Gasteiger partial charge in [0, 0.05) is 36.2 Å². The van der Waals surface area contributed by atoms with Crippen LogP contribution in [0.3, 0.4) is 0 Å². The Labute approximate surface area is 190 Å². The molecule has 1 heterocycles. The number of ether oxygens (including phenoxy) is 1. The molecule has 0 aromatic heterocycles. The van der Waals surface area contributed by atoms with E-state index in [-0.39, 0.29) is 34.8 Å². The lowest BCUT2D eigenvalue weighted by molar-refractivity contribution is 0.0974. The molecule has 3 rings (SSSR count). The van der Waals surface area contributed by atoms with Crippen LogP contribution in [-0.2, 0) is 4.74 Å². The predicted molar refractivity (Wildman–Crippen MR) is 120 cm³/mol. The molecule has 0 saturated carbocycles. The smallest absolute Gasteiger partial charge is 0.258 e. The van der Waals surface area contributed by atoms with Crippen molar-refractivity contribution in [3.05, 3.63) is 69.5 Å². The standard InChI is InChI=1S/C21H24Cl2FN5O2/c1-12(11-31-2)25-21(27-20(30)14-5-8-16(23)17(24)9-14)26-19-10-18(28-29-19)13-3-6-15(22)7-4-13/h3-9,12,18-19,28-29H,10-11H2,1-2H3,(H2,25,26,27,30)/t12-,18?,19?/m0/s1. The van der Waals surface area contributed by atoms with Crippen LogP contribution in [0.1, 0.15) is 35.3 Å². The molecule has 1 amide bonds. The van der Waals surface area contributed by atoms with Crippen molar-refractivity contribution >= 4 is 35.1 Å². The lowest BCUT2D eigenvalue weighted by Gasteiger charge is -2.18. The largest absolute Gasteiger partial charge is 0.383 e. The van der Waals surface area contributed by atoms with Crippen molar-refractivity contribution in [3.63, 3.8) is 0 Å². The number of nitrogens with one attached hydrogen (secondary N) is 4. The van der Waals surface area contributed by atoms with Gasteiger partial charge in [-0.25, -0.2) is 20.2 Å². The molecule has 1 fully saturated rings. The Morgan fingerprint density at radius 1 is 1.26 bits per heavy atom. The number of carbonyl (C=O) groups excluding carboxylic acids is 1. The number of aliphatic imine (C=N–C) groups is 1. The Morgan fingerprint density at radius 3 is 2.68 bits per heavy atom. The summed E-state index contributed by atoms with van der Waals surface area (Å²) in [6.07, 6.45) is 0.344. The van der Waals surface area contributed by atoms with Crippen LogP contribution in [0.4, 0.5) is 4.39 Å². The Kier molecular flexibility index (Phi) is 8.22. The summed E-state index contributed by atoms with van der Waals surface area (Å²) in [6, 6.07) is 11.3. The van der Waals surface area contributed by atoms with Crippen molar-refractivity contribution in [1.29, 1.82) is 0 Å². The highest BCUT2D eigenvalue weighted by Crippen LogP contribution is 2.24. The maximum Gasteiger partial charge on any atom is 0.258 e. The summed E-state index contributed by atoms with van der Waals surface area (Å²) in [4.78, 5) is 17.2. The van der Waals surface area contributed by atoms with Crippen molar-refractivity contribution in [2.75, 3.05) is 13.7 Å². The van der Waals surface area contributed by atoms with Crippen molar-refractivity contribution in [2.45, 2.75) is 31.6 Å². The fraction of sp³-hybridized carbons (Fsp3) is 0.333. The quantitative estimate of drug-likeness (QED) is 0.386. The second kappa shape index (κ2) is 10.9. The number of benzene rings is 2. The Morgan fingerprint density at radius 2 is 2.00 bits per heavy atom. The highest BCUT2D eigenvalue weighted by molar-refractivity contribution is 6.31. The molecule has 2 unspecified atom stereocenters. The number of guanidine groups is 1. The van der Waals surface area contributed by atoms with E-state index in [0.717, 1.165) is 11.6 Å². The molecule has 31 heavy (non-hydrogen) atoms. The van der Waals surface area contributed by atoms with Crippen molar-refractivity contribution in [2.24, 2.45) is 4.99 Å². The van der Waals surface area contributed by atoms with Gasteiger partial charge in [0.15, 0.2) is 5.96 Å². The van der Waals surface area contributed by atoms with Gasteiger partial charge >= 0.3 is 0 Å². The van der Waals surface area contributed by atoms with Gasteiger partial charge in [0.2, 0.25) is 0 Å². The monoisotopic (exact) mass is 467 g/mol. The lowest BCUT2D eigenvalue weighted by atomic mass is 10.0. The zero-order valence-electron chi connectivity index (χ0n) is 17.1. The van der Waals surface area contributed by atoms with E-state index < -0.39 is 11.7 Å². The SMILES string of the molecule is COC[C@H](C)NC(=NC1CC(c2ccc(Cl)cc2)NN1)NC(=O)c1ccc(Cl)c(F)c1. The molecule has 2 aromatic rings. The topological polar surface area (TPSA) is 86.8 Å². The van der Waals surface area contributed by atoms with Crippen LogP contribution in [0, 0.1) is 5.82 Å². The van der Waals surface area contributed by atoms with Crippen LogP contribution in [0.5, 0.6) is 0 Å². The number of hydrogen-bond acceptors (Lipinski definition) is 5. The molecule has 0 radical (unpaired) electrons. The molecule has 0 bridgehead atoms. The minimum atomic E-state index is -0.666. The number of hydrazine groups is 1. The number of halogens is 3. The number of amides is 1. The molecular weight excluding hydrogens is 444 g/mol. The molecule has 3 atom stereocenters. The van der Waals surface area contributed by atoms with Crippen LogP contribution in [0.2, 0.25) is 10.0 Å². The molecule has 166 valence electrons. The van der Waals surface area contributed by atoms with Crippen LogP contribution in [-0.4, -0.2) is 37.8 Å². The van der Waals surface area contributed by atoms with Gasteiger partial charge in [-0.3, -0.25) is 10.1 Å². The molecule has 10 heteroatoms. The lowest BCUT2D eigenvalue weighted by Crippen LogP contribution is -2.47.